The lowest BCUT2D eigenvalue weighted by molar-refractivity contribution is -0.128. The van der Waals surface area contributed by atoms with E-state index in [4.69, 9.17) is 9.47 Å². The van der Waals surface area contributed by atoms with Crippen LogP contribution in [0.25, 0.3) is 0 Å². The van der Waals surface area contributed by atoms with Gasteiger partial charge in [0.1, 0.15) is 0 Å². The average molecular weight is 373 g/mol. The van der Waals surface area contributed by atoms with Crippen LogP contribution in [0.1, 0.15) is 28.2 Å². The van der Waals surface area contributed by atoms with Crippen molar-refractivity contribution in [1.82, 2.24) is 4.90 Å². The zero-order chi connectivity index (χ0) is 18.8. The van der Waals surface area contributed by atoms with Crippen LogP contribution in [0.3, 0.4) is 0 Å². The summed E-state index contributed by atoms with van der Waals surface area (Å²) in [5, 5.41) is 12.1. The van der Waals surface area contributed by atoms with Gasteiger partial charge in [0, 0.05) is 7.05 Å². The second-order valence-corrected chi connectivity index (χ2v) is 6.68. The van der Waals surface area contributed by atoms with E-state index in [9.17, 15) is 14.7 Å². The van der Waals surface area contributed by atoms with Gasteiger partial charge in [-0.1, -0.05) is 12.1 Å². The van der Waals surface area contributed by atoms with Gasteiger partial charge < -0.3 is 19.5 Å². The van der Waals surface area contributed by atoms with Crippen molar-refractivity contribution in [2.75, 3.05) is 20.8 Å². The minimum atomic E-state index is -0.693. The van der Waals surface area contributed by atoms with Crippen LogP contribution in [0.5, 0.6) is 11.5 Å². The number of methoxy groups -OCH3 is 1. The molecular weight excluding hydrogens is 354 g/mol. The fraction of sp³-hybridized carbons (Fsp3) is 0.263. The van der Waals surface area contributed by atoms with E-state index in [2.05, 4.69) is 0 Å². The van der Waals surface area contributed by atoms with E-state index in [0.29, 0.717) is 28.5 Å². The molecule has 0 fully saturated rings. The molecule has 1 aliphatic rings. The van der Waals surface area contributed by atoms with Gasteiger partial charge in [0.2, 0.25) is 5.78 Å². The number of carbonyl (C=O) groups excluding carboxylic acids is 2. The first-order valence-corrected chi connectivity index (χ1v) is 8.96. The van der Waals surface area contributed by atoms with E-state index < -0.39 is 17.7 Å². The number of aliphatic hydroxyl groups excluding tert-OH is 1. The van der Waals surface area contributed by atoms with Gasteiger partial charge in [-0.2, -0.15) is 0 Å². The van der Waals surface area contributed by atoms with Crippen LogP contribution in [0.4, 0.5) is 0 Å². The maximum Gasteiger partial charge on any atom is 0.289 e. The Morgan fingerprint density at radius 3 is 2.69 bits per heavy atom. The molecule has 0 aliphatic carbocycles. The number of benzene rings is 1. The predicted molar refractivity (Wildman–Crippen MR) is 98.0 cm³/mol. The summed E-state index contributed by atoms with van der Waals surface area (Å²) in [7, 11) is 3.08. The van der Waals surface area contributed by atoms with Gasteiger partial charge in [-0.15, -0.1) is 11.3 Å². The van der Waals surface area contributed by atoms with Crippen molar-refractivity contribution in [3.05, 3.63) is 57.5 Å². The molecule has 0 radical (unpaired) electrons. The van der Waals surface area contributed by atoms with E-state index in [1.54, 1.807) is 42.8 Å². The van der Waals surface area contributed by atoms with Gasteiger partial charge >= 0.3 is 0 Å². The molecular formula is C19H19NO5S. The molecule has 1 aromatic carbocycles. The van der Waals surface area contributed by atoms with E-state index in [1.165, 1.54) is 23.3 Å². The normalized spacial score (nSPS) is 17.0. The first kappa shape index (κ1) is 18.0. The first-order chi connectivity index (χ1) is 12.5. The molecule has 2 heterocycles. The van der Waals surface area contributed by atoms with E-state index in [-0.39, 0.29) is 11.4 Å². The topological polar surface area (TPSA) is 76.1 Å². The quantitative estimate of drug-likeness (QED) is 0.786. The molecule has 2 aromatic rings. The molecule has 136 valence electrons. The fourth-order valence-corrected chi connectivity index (χ4v) is 3.69. The van der Waals surface area contributed by atoms with Gasteiger partial charge in [-0.05, 0) is 36.1 Å². The summed E-state index contributed by atoms with van der Waals surface area (Å²) < 4.78 is 10.9. The Kier molecular flexibility index (Phi) is 4.99. The predicted octanol–water partition coefficient (Wildman–Crippen LogP) is 3.36. The van der Waals surface area contributed by atoms with Crippen molar-refractivity contribution in [3.8, 4) is 11.5 Å². The van der Waals surface area contributed by atoms with Crippen molar-refractivity contribution in [3.63, 3.8) is 0 Å². The molecule has 0 bridgehead atoms. The molecule has 1 atom stereocenters. The van der Waals surface area contributed by atoms with E-state index >= 15 is 0 Å². The third kappa shape index (κ3) is 2.94. The Labute approximate surface area is 155 Å². The van der Waals surface area contributed by atoms with Crippen molar-refractivity contribution >= 4 is 23.0 Å². The number of hydrogen-bond acceptors (Lipinski definition) is 6. The SMILES string of the molecule is CCOc1ccc(C2C(C(=O)c3cccs3)=C(O)C(=O)N2C)cc1OC. The summed E-state index contributed by atoms with van der Waals surface area (Å²) in [6, 6.07) is 7.96. The highest BCUT2D eigenvalue weighted by atomic mass is 32.1. The maximum absolute atomic E-state index is 12.9. The highest BCUT2D eigenvalue weighted by Crippen LogP contribution is 2.41. The van der Waals surface area contributed by atoms with Gasteiger partial charge in [0.05, 0.1) is 30.2 Å². The lowest BCUT2D eigenvalue weighted by Gasteiger charge is -2.23. The number of aliphatic hydroxyl groups is 1. The third-order valence-electron chi connectivity index (χ3n) is 4.23. The molecule has 0 saturated heterocycles. The smallest absolute Gasteiger partial charge is 0.289 e. The zero-order valence-corrected chi connectivity index (χ0v) is 15.5. The Morgan fingerprint density at radius 1 is 1.31 bits per heavy atom. The Hall–Kier alpha value is -2.80. The molecule has 0 spiro atoms. The summed E-state index contributed by atoms with van der Waals surface area (Å²) >= 11 is 1.27. The maximum atomic E-state index is 12.9. The number of carbonyl (C=O) groups is 2. The number of amides is 1. The van der Waals surface area contributed by atoms with Crippen LogP contribution in [0.2, 0.25) is 0 Å². The lowest BCUT2D eigenvalue weighted by Crippen LogP contribution is -2.26. The van der Waals surface area contributed by atoms with E-state index in [0.717, 1.165) is 0 Å². The second kappa shape index (κ2) is 7.21. The molecule has 3 rings (SSSR count). The first-order valence-electron chi connectivity index (χ1n) is 8.08. The fourth-order valence-electron chi connectivity index (χ4n) is 3.01. The number of thiophene rings is 1. The molecule has 7 heteroatoms. The molecule has 6 nitrogen and oxygen atoms in total. The number of hydrogen-bond donors (Lipinski definition) is 1. The summed E-state index contributed by atoms with van der Waals surface area (Å²) in [5.74, 6) is -0.371. The highest BCUT2D eigenvalue weighted by molar-refractivity contribution is 7.12. The number of nitrogens with zero attached hydrogens (tertiary/aromatic N) is 1. The monoisotopic (exact) mass is 373 g/mol. The van der Waals surface area contributed by atoms with Gasteiger partial charge in [0.15, 0.2) is 17.3 Å². The van der Waals surface area contributed by atoms with Gasteiger partial charge in [-0.25, -0.2) is 0 Å². The van der Waals surface area contributed by atoms with Crippen molar-refractivity contribution < 1.29 is 24.2 Å². The Balaban J connectivity index is 2.07. The van der Waals surface area contributed by atoms with Crippen molar-refractivity contribution in [1.29, 1.82) is 0 Å². The number of ketones is 1. The van der Waals surface area contributed by atoms with E-state index in [1.807, 2.05) is 6.92 Å². The molecule has 1 aromatic heterocycles. The van der Waals surface area contributed by atoms with Crippen LogP contribution < -0.4 is 9.47 Å². The largest absolute Gasteiger partial charge is 0.503 e. The van der Waals surface area contributed by atoms with Crippen LogP contribution in [-0.2, 0) is 4.79 Å². The lowest BCUT2D eigenvalue weighted by atomic mass is 9.95. The van der Waals surface area contributed by atoms with Gasteiger partial charge in [-0.3, -0.25) is 9.59 Å². The highest BCUT2D eigenvalue weighted by Gasteiger charge is 2.42. The van der Waals surface area contributed by atoms with Gasteiger partial charge in [0.25, 0.3) is 5.91 Å². The molecule has 1 amide bonds. The third-order valence-corrected chi connectivity index (χ3v) is 5.10. The summed E-state index contributed by atoms with van der Waals surface area (Å²) in [6.07, 6.45) is 0. The minimum absolute atomic E-state index is 0.0752. The molecule has 1 N–H and O–H groups in total. The summed E-state index contributed by atoms with van der Waals surface area (Å²) in [5.41, 5.74) is 0.733. The van der Waals surface area contributed by atoms with Crippen molar-refractivity contribution in [2.24, 2.45) is 0 Å². The molecule has 1 aliphatic heterocycles. The zero-order valence-electron chi connectivity index (χ0n) is 14.7. The number of Topliss-reactive ketones (excluding diaryl/α,β-unsaturated/α-hetero) is 1. The average Bonchev–Trinajstić information content (AvgIpc) is 3.25. The van der Waals surface area contributed by atoms with Crippen LogP contribution in [-0.4, -0.2) is 42.5 Å². The molecule has 26 heavy (non-hydrogen) atoms. The molecule has 1 unspecified atom stereocenters. The van der Waals surface area contributed by atoms with Crippen LogP contribution in [0, 0.1) is 0 Å². The van der Waals surface area contributed by atoms with Crippen LogP contribution in [0.15, 0.2) is 47.0 Å². The Morgan fingerprint density at radius 2 is 2.08 bits per heavy atom. The number of ether oxygens (including phenoxy) is 2. The second-order valence-electron chi connectivity index (χ2n) is 5.73. The number of rotatable bonds is 6. The Bertz CT molecular complexity index is 872. The standard InChI is InChI=1S/C19H19NO5S/c1-4-25-12-8-7-11(10-13(12)24-3)16-15(18(22)19(23)20(16)2)17(21)14-6-5-9-26-14/h5-10,16,22H,4H2,1-3H3. The van der Waals surface area contributed by atoms with Crippen molar-refractivity contribution in [2.45, 2.75) is 13.0 Å². The molecule has 0 saturated carbocycles. The number of likely N-dealkylation sites (N-methyl/N-ethyl adjacent to an activating group) is 1. The summed E-state index contributed by atoms with van der Waals surface area (Å²) in [4.78, 5) is 27.0. The summed E-state index contributed by atoms with van der Waals surface area (Å²) in [6.45, 7) is 2.36. The minimum Gasteiger partial charge on any atom is -0.503 e. The van der Waals surface area contributed by atoms with Crippen LogP contribution >= 0.6 is 11.3 Å².